The predicted octanol–water partition coefficient (Wildman–Crippen LogP) is 3.12. The molecule has 1 saturated heterocycles. The maximum atomic E-state index is 12.7. The van der Waals surface area contributed by atoms with E-state index < -0.39 is 0 Å². The van der Waals surface area contributed by atoms with Crippen molar-refractivity contribution >= 4 is 16.8 Å². The van der Waals surface area contributed by atoms with E-state index in [1.54, 1.807) is 18.5 Å². The Morgan fingerprint density at radius 1 is 1.12 bits per heavy atom. The van der Waals surface area contributed by atoms with Gasteiger partial charge in [-0.05, 0) is 48.9 Å². The van der Waals surface area contributed by atoms with Gasteiger partial charge in [0.2, 0.25) is 0 Å². The number of rotatable bonds is 3. The van der Waals surface area contributed by atoms with Gasteiger partial charge in [-0.25, -0.2) is 0 Å². The minimum Gasteiger partial charge on any atom is -0.338 e. The zero-order chi connectivity index (χ0) is 17.1. The molecule has 3 heterocycles. The van der Waals surface area contributed by atoms with Crippen LogP contribution in [0.2, 0.25) is 0 Å². The van der Waals surface area contributed by atoms with Crippen molar-refractivity contribution in [2.24, 2.45) is 5.92 Å². The molecule has 5 heteroatoms. The summed E-state index contributed by atoms with van der Waals surface area (Å²) < 4.78 is 0. The van der Waals surface area contributed by atoms with Crippen molar-refractivity contribution in [3.63, 3.8) is 0 Å². The molecule has 25 heavy (non-hydrogen) atoms. The zero-order valence-electron chi connectivity index (χ0n) is 14.0. The summed E-state index contributed by atoms with van der Waals surface area (Å²) in [7, 11) is 0. The lowest BCUT2D eigenvalue weighted by Gasteiger charge is -2.33. The first-order valence-electron chi connectivity index (χ1n) is 8.70. The molecule has 3 aromatic rings. The maximum absolute atomic E-state index is 12.7. The third-order valence-corrected chi connectivity index (χ3v) is 4.89. The third-order valence-electron chi connectivity index (χ3n) is 4.89. The Labute approximate surface area is 146 Å². The van der Waals surface area contributed by atoms with E-state index >= 15 is 0 Å². The number of aromatic nitrogens is 3. The molecular weight excluding hydrogens is 312 g/mol. The van der Waals surface area contributed by atoms with Crippen molar-refractivity contribution in [3.05, 3.63) is 66.1 Å². The van der Waals surface area contributed by atoms with Crippen LogP contribution in [0.5, 0.6) is 0 Å². The molecule has 0 saturated carbocycles. The van der Waals surface area contributed by atoms with Crippen molar-refractivity contribution in [2.75, 3.05) is 13.1 Å². The second-order valence-electron chi connectivity index (χ2n) is 6.58. The summed E-state index contributed by atoms with van der Waals surface area (Å²) >= 11 is 0. The fourth-order valence-corrected chi connectivity index (χ4v) is 3.66. The molecule has 0 bridgehead atoms. The number of nitrogens with zero attached hydrogens (tertiary/aromatic N) is 4. The van der Waals surface area contributed by atoms with E-state index in [1.165, 1.54) is 10.9 Å². The number of likely N-dealkylation sites (tertiary alicyclic amines) is 1. The summed E-state index contributed by atoms with van der Waals surface area (Å²) in [6, 6.07) is 12.1. The Morgan fingerprint density at radius 3 is 2.92 bits per heavy atom. The van der Waals surface area contributed by atoms with Gasteiger partial charge in [-0.15, -0.1) is 0 Å². The number of para-hydroxylation sites is 1. The van der Waals surface area contributed by atoms with Gasteiger partial charge in [0, 0.05) is 24.7 Å². The van der Waals surface area contributed by atoms with Crippen LogP contribution >= 0.6 is 0 Å². The molecule has 4 rings (SSSR count). The number of fused-ring (bicyclic) bond motifs is 1. The number of carbonyl (C=O) groups is 1. The molecule has 1 unspecified atom stereocenters. The summed E-state index contributed by atoms with van der Waals surface area (Å²) in [6.07, 6.45) is 8.15. The van der Waals surface area contributed by atoms with E-state index in [0.717, 1.165) is 37.9 Å². The summed E-state index contributed by atoms with van der Waals surface area (Å²) in [5.41, 5.74) is 2.96. The summed E-state index contributed by atoms with van der Waals surface area (Å²) in [6.45, 7) is 1.60. The molecule has 2 aromatic heterocycles. The standard InChI is InChI=1S/C20H20N4O/c25-20(17-8-10-22-23-13-17)24-11-3-4-15(14-24)12-16-7-9-21-19-6-2-1-5-18(16)19/h1-2,5-10,13,15H,3-4,11-12,14H2. The van der Waals surface area contributed by atoms with E-state index in [1.807, 2.05) is 23.2 Å². The lowest BCUT2D eigenvalue weighted by Crippen LogP contribution is -2.40. The lowest BCUT2D eigenvalue weighted by molar-refractivity contribution is 0.0673. The van der Waals surface area contributed by atoms with E-state index in [2.05, 4.69) is 33.4 Å². The molecule has 0 spiro atoms. The Bertz CT molecular complexity index is 876. The first-order chi connectivity index (χ1) is 12.3. The van der Waals surface area contributed by atoms with Gasteiger partial charge in [-0.2, -0.15) is 10.2 Å². The van der Waals surface area contributed by atoms with E-state index in [-0.39, 0.29) is 5.91 Å². The normalized spacial score (nSPS) is 17.6. The highest BCUT2D eigenvalue weighted by Gasteiger charge is 2.25. The summed E-state index contributed by atoms with van der Waals surface area (Å²) in [4.78, 5) is 19.1. The Hall–Kier alpha value is -2.82. The molecule has 1 aromatic carbocycles. The van der Waals surface area contributed by atoms with Crippen LogP contribution < -0.4 is 0 Å². The number of pyridine rings is 1. The van der Waals surface area contributed by atoms with Crippen molar-refractivity contribution in [1.29, 1.82) is 0 Å². The SMILES string of the molecule is O=C(c1ccnnc1)N1CCCC(Cc2ccnc3ccccc23)C1. The number of hydrogen-bond acceptors (Lipinski definition) is 4. The summed E-state index contributed by atoms with van der Waals surface area (Å²) in [5, 5.41) is 8.78. The fraction of sp³-hybridized carbons (Fsp3) is 0.300. The number of carbonyl (C=O) groups excluding carboxylic acids is 1. The lowest BCUT2D eigenvalue weighted by atomic mass is 9.90. The van der Waals surface area contributed by atoms with Gasteiger partial charge in [-0.3, -0.25) is 9.78 Å². The van der Waals surface area contributed by atoms with E-state index in [4.69, 9.17) is 0 Å². The molecular formula is C20H20N4O. The van der Waals surface area contributed by atoms with Crippen LogP contribution in [0.4, 0.5) is 0 Å². The zero-order valence-corrected chi connectivity index (χ0v) is 14.0. The van der Waals surface area contributed by atoms with Crippen LogP contribution in [0.15, 0.2) is 55.0 Å². The van der Waals surface area contributed by atoms with Gasteiger partial charge < -0.3 is 4.90 Å². The molecule has 126 valence electrons. The molecule has 0 radical (unpaired) electrons. The van der Waals surface area contributed by atoms with Crippen LogP contribution in [-0.4, -0.2) is 39.1 Å². The molecule has 1 aliphatic heterocycles. The van der Waals surface area contributed by atoms with Gasteiger partial charge in [-0.1, -0.05) is 18.2 Å². The average Bonchev–Trinajstić information content (AvgIpc) is 2.69. The average molecular weight is 332 g/mol. The number of piperidine rings is 1. The molecule has 1 atom stereocenters. The second-order valence-corrected chi connectivity index (χ2v) is 6.58. The van der Waals surface area contributed by atoms with Crippen molar-refractivity contribution in [2.45, 2.75) is 19.3 Å². The van der Waals surface area contributed by atoms with Crippen LogP contribution in [0.1, 0.15) is 28.8 Å². The van der Waals surface area contributed by atoms with Gasteiger partial charge in [0.15, 0.2) is 0 Å². The third kappa shape index (κ3) is 3.36. The molecule has 1 amide bonds. The minimum atomic E-state index is 0.0548. The predicted molar refractivity (Wildman–Crippen MR) is 96.1 cm³/mol. The van der Waals surface area contributed by atoms with Crippen molar-refractivity contribution in [3.8, 4) is 0 Å². The van der Waals surface area contributed by atoms with Crippen LogP contribution in [-0.2, 0) is 6.42 Å². The Balaban J connectivity index is 1.51. The topological polar surface area (TPSA) is 59.0 Å². The molecule has 1 fully saturated rings. The first kappa shape index (κ1) is 15.7. The number of amides is 1. The maximum Gasteiger partial charge on any atom is 0.255 e. The number of hydrogen-bond donors (Lipinski definition) is 0. The Morgan fingerprint density at radius 2 is 2.04 bits per heavy atom. The molecule has 5 nitrogen and oxygen atoms in total. The van der Waals surface area contributed by atoms with Crippen LogP contribution in [0, 0.1) is 5.92 Å². The number of benzene rings is 1. The highest BCUT2D eigenvalue weighted by atomic mass is 16.2. The highest BCUT2D eigenvalue weighted by Crippen LogP contribution is 2.25. The molecule has 0 N–H and O–H groups in total. The smallest absolute Gasteiger partial charge is 0.255 e. The largest absolute Gasteiger partial charge is 0.338 e. The monoisotopic (exact) mass is 332 g/mol. The summed E-state index contributed by atoms with van der Waals surface area (Å²) in [5.74, 6) is 0.525. The Kier molecular flexibility index (Phi) is 4.37. The minimum absolute atomic E-state index is 0.0548. The van der Waals surface area contributed by atoms with Crippen LogP contribution in [0.3, 0.4) is 0 Å². The van der Waals surface area contributed by atoms with Crippen LogP contribution in [0.25, 0.3) is 10.9 Å². The van der Waals surface area contributed by atoms with Gasteiger partial charge in [0.05, 0.1) is 23.5 Å². The van der Waals surface area contributed by atoms with Gasteiger partial charge >= 0.3 is 0 Å². The second kappa shape index (κ2) is 6.97. The highest BCUT2D eigenvalue weighted by molar-refractivity contribution is 5.93. The quantitative estimate of drug-likeness (QED) is 0.739. The molecule has 1 aliphatic rings. The molecule has 0 aliphatic carbocycles. The van der Waals surface area contributed by atoms with E-state index in [0.29, 0.717) is 11.5 Å². The van der Waals surface area contributed by atoms with Gasteiger partial charge in [0.1, 0.15) is 0 Å². The van der Waals surface area contributed by atoms with Gasteiger partial charge in [0.25, 0.3) is 5.91 Å². The van der Waals surface area contributed by atoms with Crippen molar-refractivity contribution in [1.82, 2.24) is 20.1 Å². The van der Waals surface area contributed by atoms with Crippen molar-refractivity contribution < 1.29 is 4.79 Å². The van der Waals surface area contributed by atoms with E-state index in [9.17, 15) is 4.79 Å². The fourth-order valence-electron chi connectivity index (χ4n) is 3.66. The first-order valence-corrected chi connectivity index (χ1v) is 8.70.